The van der Waals surface area contributed by atoms with Gasteiger partial charge < -0.3 is 15.4 Å². The van der Waals surface area contributed by atoms with Crippen LogP contribution in [0.15, 0.2) is 48.7 Å². The van der Waals surface area contributed by atoms with E-state index in [9.17, 15) is 4.79 Å². The Morgan fingerprint density at radius 1 is 1.14 bits per heavy atom. The zero-order valence-corrected chi connectivity index (χ0v) is 13.3. The van der Waals surface area contributed by atoms with Crippen LogP contribution in [0.25, 0.3) is 6.08 Å². The van der Waals surface area contributed by atoms with Crippen molar-refractivity contribution in [1.82, 2.24) is 5.32 Å². The predicted molar refractivity (Wildman–Crippen MR) is 90.6 cm³/mol. The summed E-state index contributed by atoms with van der Waals surface area (Å²) in [4.78, 5) is 11.7. The van der Waals surface area contributed by atoms with Crippen molar-refractivity contribution in [2.75, 3.05) is 12.4 Å². The molecule has 0 aliphatic heterocycles. The number of carbonyl (C=O) groups excluding carboxylic acids is 1. The first kappa shape index (κ1) is 16.2. The van der Waals surface area contributed by atoms with Crippen LogP contribution >= 0.6 is 23.2 Å². The molecule has 0 atom stereocenters. The van der Waals surface area contributed by atoms with E-state index in [-0.39, 0.29) is 6.03 Å². The Labute approximate surface area is 138 Å². The molecule has 2 aromatic rings. The van der Waals surface area contributed by atoms with Crippen molar-refractivity contribution in [2.45, 2.75) is 0 Å². The second-order valence-electron chi connectivity index (χ2n) is 4.34. The molecule has 2 aromatic carbocycles. The van der Waals surface area contributed by atoms with E-state index in [0.717, 1.165) is 11.3 Å². The van der Waals surface area contributed by atoms with Gasteiger partial charge in [-0.3, -0.25) is 0 Å². The molecule has 4 nitrogen and oxygen atoms in total. The molecule has 0 unspecified atom stereocenters. The Hall–Kier alpha value is -2.17. The van der Waals surface area contributed by atoms with Crippen molar-refractivity contribution >= 4 is 41.0 Å². The monoisotopic (exact) mass is 336 g/mol. The molecule has 2 amide bonds. The molecule has 0 aliphatic rings. The minimum Gasteiger partial charge on any atom is -0.497 e. The summed E-state index contributed by atoms with van der Waals surface area (Å²) in [6, 6.07) is 12.0. The summed E-state index contributed by atoms with van der Waals surface area (Å²) in [6.45, 7) is 0. The molecule has 0 saturated heterocycles. The Morgan fingerprint density at radius 2 is 1.95 bits per heavy atom. The summed E-state index contributed by atoms with van der Waals surface area (Å²) < 4.78 is 5.13. The van der Waals surface area contributed by atoms with Gasteiger partial charge in [0.15, 0.2) is 0 Å². The van der Waals surface area contributed by atoms with Gasteiger partial charge >= 0.3 is 6.03 Å². The third-order valence-electron chi connectivity index (χ3n) is 2.76. The van der Waals surface area contributed by atoms with E-state index in [1.54, 1.807) is 37.6 Å². The maximum absolute atomic E-state index is 11.7. The van der Waals surface area contributed by atoms with Crippen LogP contribution in [-0.4, -0.2) is 13.1 Å². The van der Waals surface area contributed by atoms with Gasteiger partial charge in [-0.15, -0.1) is 0 Å². The molecule has 0 bridgehead atoms. The lowest BCUT2D eigenvalue weighted by Crippen LogP contribution is -2.23. The highest BCUT2D eigenvalue weighted by Crippen LogP contribution is 2.24. The number of hydrogen-bond acceptors (Lipinski definition) is 2. The van der Waals surface area contributed by atoms with Crippen LogP contribution in [0.3, 0.4) is 0 Å². The lowest BCUT2D eigenvalue weighted by Gasteiger charge is -2.05. The SMILES string of the molecule is COc1cccc(/C=C/NC(=O)Nc2ccc(Cl)c(Cl)c2)c1. The fourth-order valence-corrected chi connectivity index (χ4v) is 2.00. The molecule has 0 heterocycles. The average Bonchev–Trinajstić information content (AvgIpc) is 2.51. The molecular formula is C16H14Cl2N2O2. The molecule has 0 aromatic heterocycles. The number of urea groups is 1. The minimum absolute atomic E-state index is 0.377. The third kappa shape index (κ3) is 4.69. The van der Waals surface area contributed by atoms with Crippen LogP contribution in [0.5, 0.6) is 5.75 Å². The van der Waals surface area contributed by atoms with Gasteiger partial charge in [0.2, 0.25) is 0 Å². The van der Waals surface area contributed by atoms with Gasteiger partial charge in [0, 0.05) is 11.9 Å². The van der Waals surface area contributed by atoms with Crippen LogP contribution in [0, 0.1) is 0 Å². The standard InChI is InChI=1S/C16H14Cl2N2O2/c1-22-13-4-2-3-11(9-13)7-8-19-16(21)20-12-5-6-14(17)15(18)10-12/h2-10H,1H3,(H2,19,20,21)/b8-7+. The van der Waals surface area contributed by atoms with E-state index in [2.05, 4.69) is 10.6 Å². The van der Waals surface area contributed by atoms with Gasteiger partial charge in [-0.25, -0.2) is 4.79 Å². The van der Waals surface area contributed by atoms with Crippen LogP contribution in [0.4, 0.5) is 10.5 Å². The minimum atomic E-state index is -0.377. The van der Waals surface area contributed by atoms with E-state index in [0.29, 0.717) is 15.7 Å². The van der Waals surface area contributed by atoms with Crippen LogP contribution in [0.1, 0.15) is 5.56 Å². The lowest BCUT2D eigenvalue weighted by molar-refractivity contribution is 0.255. The summed E-state index contributed by atoms with van der Waals surface area (Å²) in [5.74, 6) is 0.752. The number of carbonyl (C=O) groups is 1. The molecule has 114 valence electrons. The maximum atomic E-state index is 11.7. The number of benzene rings is 2. The van der Waals surface area contributed by atoms with Crippen molar-refractivity contribution in [3.05, 3.63) is 64.3 Å². The largest absolute Gasteiger partial charge is 0.497 e. The molecule has 0 spiro atoms. The summed E-state index contributed by atoms with van der Waals surface area (Å²) in [6.07, 6.45) is 3.30. The van der Waals surface area contributed by atoms with E-state index in [1.807, 2.05) is 24.3 Å². The number of halogens is 2. The van der Waals surface area contributed by atoms with Crippen molar-refractivity contribution < 1.29 is 9.53 Å². The van der Waals surface area contributed by atoms with E-state index in [1.165, 1.54) is 0 Å². The smallest absolute Gasteiger partial charge is 0.323 e. The average molecular weight is 337 g/mol. The molecular weight excluding hydrogens is 323 g/mol. The van der Waals surface area contributed by atoms with E-state index in [4.69, 9.17) is 27.9 Å². The number of hydrogen-bond donors (Lipinski definition) is 2. The summed E-state index contributed by atoms with van der Waals surface area (Å²) >= 11 is 11.7. The van der Waals surface area contributed by atoms with Gasteiger partial charge in [0.05, 0.1) is 17.2 Å². The molecule has 22 heavy (non-hydrogen) atoms. The van der Waals surface area contributed by atoms with Crippen molar-refractivity contribution in [3.63, 3.8) is 0 Å². The van der Waals surface area contributed by atoms with E-state index >= 15 is 0 Å². The molecule has 0 radical (unpaired) electrons. The Kier molecular flexibility index (Phi) is 5.69. The number of amides is 2. The molecule has 0 saturated carbocycles. The summed E-state index contributed by atoms with van der Waals surface area (Å²) in [5, 5.41) is 6.07. The fourth-order valence-electron chi connectivity index (χ4n) is 1.70. The van der Waals surface area contributed by atoms with Gasteiger partial charge in [0.1, 0.15) is 5.75 Å². The van der Waals surface area contributed by atoms with Gasteiger partial charge in [-0.1, -0.05) is 35.3 Å². The summed E-state index contributed by atoms with van der Waals surface area (Å²) in [5.41, 5.74) is 1.47. The van der Waals surface area contributed by atoms with Crippen molar-refractivity contribution in [2.24, 2.45) is 0 Å². The van der Waals surface area contributed by atoms with Crippen LogP contribution < -0.4 is 15.4 Å². The second-order valence-corrected chi connectivity index (χ2v) is 5.15. The first-order valence-corrected chi connectivity index (χ1v) is 7.17. The normalized spacial score (nSPS) is 10.5. The number of rotatable bonds is 4. The molecule has 0 aliphatic carbocycles. The first-order valence-electron chi connectivity index (χ1n) is 6.41. The van der Waals surface area contributed by atoms with Crippen LogP contribution in [0.2, 0.25) is 10.0 Å². The van der Waals surface area contributed by atoms with E-state index < -0.39 is 0 Å². The second kappa shape index (κ2) is 7.73. The highest BCUT2D eigenvalue weighted by atomic mass is 35.5. The predicted octanol–water partition coefficient (Wildman–Crippen LogP) is 4.79. The first-order chi connectivity index (χ1) is 10.6. The number of nitrogens with one attached hydrogen (secondary N) is 2. The Balaban J connectivity index is 1.91. The summed E-state index contributed by atoms with van der Waals surface area (Å²) in [7, 11) is 1.60. The Morgan fingerprint density at radius 3 is 2.68 bits per heavy atom. The lowest BCUT2D eigenvalue weighted by atomic mass is 10.2. The third-order valence-corrected chi connectivity index (χ3v) is 3.50. The number of methoxy groups -OCH3 is 1. The van der Waals surface area contributed by atoms with Crippen molar-refractivity contribution in [3.8, 4) is 5.75 Å². The molecule has 2 N–H and O–H groups in total. The number of anilines is 1. The highest BCUT2D eigenvalue weighted by molar-refractivity contribution is 6.42. The van der Waals surface area contributed by atoms with Crippen molar-refractivity contribution in [1.29, 1.82) is 0 Å². The zero-order valence-electron chi connectivity index (χ0n) is 11.8. The fraction of sp³-hybridized carbons (Fsp3) is 0.0625. The molecule has 6 heteroatoms. The van der Waals surface area contributed by atoms with Gasteiger partial charge in [0.25, 0.3) is 0 Å². The quantitative estimate of drug-likeness (QED) is 0.842. The Bertz CT molecular complexity index is 702. The maximum Gasteiger partial charge on any atom is 0.323 e. The van der Waals surface area contributed by atoms with Gasteiger partial charge in [-0.05, 0) is 42.0 Å². The highest BCUT2D eigenvalue weighted by Gasteiger charge is 2.02. The molecule has 2 rings (SSSR count). The number of ether oxygens (including phenoxy) is 1. The molecule has 0 fully saturated rings. The topological polar surface area (TPSA) is 50.4 Å². The van der Waals surface area contributed by atoms with Crippen LogP contribution in [-0.2, 0) is 0 Å². The zero-order chi connectivity index (χ0) is 15.9. The van der Waals surface area contributed by atoms with Gasteiger partial charge in [-0.2, -0.15) is 0 Å².